The van der Waals surface area contributed by atoms with E-state index in [1.165, 1.54) is 31.5 Å². The molecule has 208 valence electrons. The number of fused-ring (bicyclic) bond motifs is 3. The van der Waals surface area contributed by atoms with Crippen LogP contribution in [-0.2, 0) is 27.7 Å². The fraction of sp³-hybridized carbons (Fsp3) is 0.357. The summed E-state index contributed by atoms with van der Waals surface area (Å²) >= 11 is 0. The third-order valence-electron chi connectivity index (χ3n) is 7.16. The summed E-state index contributed by atoms with van der Waals surface area (Å²) in [7, 11) is -4.25. The maximum atomic E-state index is 15.3. The Morgan fingerprint density at radius 3 is 2.41 bits per heavy atom. The van der Waals surface area contributed by atoms with E-state index in [1.807, 2.05) is 31.2 Å². The van der Waals surface area contributed by atoms with Crippen molar-refractivity contribution in [1.82, 2.24) is 9.97 Å². The summed E-state index contributed by atoms with van der Waals surface area (Å²) in [5.74, 6) is 0.917. The molecular weight excluding hydrogens is 527 g/mol. The van der Waals surface area contributed by atoms with Crippen LogP contribution in [-0.4, -0.2) is 39.1 Å². The highest BCUT2D eigenvalue weighted by molar-refractivity contribution is 7.53. The second kappa shape index (κ2) is 10.8. The lowest BCUT2D eigenvalue weighted by atomic mass is 9.89. The van der Waals surface area contributed by atoms with Crippen LogP contribution in [0.25, 0.3) is 21.8 Å². The van der Waals surface area contributed by atoms with E-state index in [0.29, 0.717) is 28.2 Å². The van der Waals surface area contributed by atoms with Crippen molar-refractivity contribution in [2.45, 2.75) is 51.3 Å². The van der Waals surface area contributed by atoms with Crippen molar-refractivity contribution in [2.75, 3.05) is 19.5 Å². The van der Waals surface area contributed by atoms with Crippen molar-refractivity contribution in [3.63, 3.8) is 0 Å². The van der Waals surface area contributed by atoms with E-state index >= 15 is 8.78 Å². The SMILES string of the molecule is CCOC(CC)(c1ccc2c(c1)nc(N)c1ncc(CCc3ccc(OC)cc3C)cc12)C(F)(F)P(=O)(O)O. The van der Waals surface area contributed by atoms with Crippen LogP contribution in [0.4, 0.5) is 14.6 Å². The van der Waals surface area contributed by atoms with Gasteiger partial charge in [-0.15, -0.1) is 0 Å². The Morgan fingerprint density at radius 1 is 1.05 bits per heavy atom. The van der Waals surface area contributed by atoms with Crippen LogP contribution in [0.2, 0.25) is 0 Å². The van der Waals surface area contributed by atoms with E-state index in [-0.39, 0.29) is 24.4 Å². The molecule has 0 aliphatic rings. The van der Waals surface area contributed by atoms with Gasteiger partial charge < -0.3 is 25.0 Å². The minimum atomic E-state index is -5.88. The predicted molar refractivity (Wildman–Crippen MR) is 147 cm³/mol. The van der Waals surface area contributed by atoms with Crippen LogP contribution in [0.15, 0.2) is 48.7 Å². The summed E-state index contributed by atoms with van der Waals surface area (Å²) in [6.45, 7) is 4.73. The van der Waals surface area contributed by atoms with Gasteiger partial charge in [0.1, 0.15) is 11.3 Å². The smallest absolute Gasteiger partial charge is 0.398 e. The molecule has 39 heavy (non-hydrogen) atoms. The van der Waals surface area contributed by atoms with Crippen LogP contribution >= 0.6 is 7.60 Å². The molecule has 4 aromatic rings. The molecule has 0 aliphatic heterocycles. The fourth-order valence-electron chi connectivity index (χ4n) is 5.04. The number of alkyl halides is 2. The van der Waals surface area contributed by atoms with E-state index in [2.05, 4.69) is 9.97 Å². The number of rotatable bonds is 10. The number of benzene rings is 2. The predicted octanol–water partition coefficient (Wildman–Crippen LogP) is 5.88. The second-order valence-electron chi connectivity index (χ2n) is 9.46. The Hall–Kier alpha value is -3.17. The highest BCUT2D eigenvalue weighted by Gasteiger charge is 2.66. The third-order valence-corrected chi connectivity index (χ3v) is 8.25. The Bertz CT molecular complexity index is 1580. The van der Waals surface area contributed by atoms with Crippen molar-refractivity contribution in [3.8, 4) is 5.75 Å². The number of hydrogen-bond acceptors (Lipinski definition) is 6. The van der Waals surface area contributed by atoms with Gasteiger partial charge in [-0.3, -0.25) is 9.55 Å². The molecule has 1 atom stereocenters. The summed E-state index contributed by atoms with van der Waals surface area (Å²) in [4.78, 5) is 28.0. The monoisotopic (exact) mass is 559 g/mol. The van der Waals surface area contributed by atoms with Gasteiger partial charge in [0.2, 0.25) is 0 Å². The quantitative estimate of drug-likeness (QED) is 0.162. The van der Waals surface area contributed by atoms with E-state index < -0.39 is 18.9 Å². The second-order valence-corrected chi connectivity index (χ2v) is 11.1. The summed E-state index contributed by atoms with van der Waals surface area (Å²) < 4.78 is 53.1. The zero-order valence-electron chi connectivity index (χ0n) is 22.2. The summed E-state index contributed by atoms with van der Waals surface area (Å²) in [5.41, 5.74) is 3.09. The van der Waals surface area contributed by atoms with Gasteiger partial charge in [0, 0.05) is 23.6 Å². The Kier molecular flexibility index (Phi) is 7.96. The molecule has 0 spiro atoms. The Morgan fingerprint density at radius 2 is 1.79 bits per heavy atom. The first-order valence-electron chi connectivity index (χ1n) is 12.6. The molecule has 0 fully saturated rings. The normalized spacial score (nSPS) is 14.1. The zero-order valence-corrected chi connectivity index (χ0v) is 23.1. The minimum absolute atomic E-state index is 0.0991. The van der Waals surface area contributed by atoms with Crippen molar-refractivity contribution < 1.29 is 32.6 Å². The first kappa shape index (κ1) is 28.8. The van der Waals surface area contributed by atoms with Gasteiger partial charge in [-0.1, -0.05) is 25.1 Å². The lowest BCUT2D eigenvalue weighted by Gasteiger charge is -2.39. The first-order valence-corrected chi connectivity index (χ1v) is 14.2. The number of nitrogen functional groups attached to an aromatic ring is 1. The standard InChI is InChI=1S/C28H32F2N3O5P/c1-5-27(38-6-2,28(29,30)39(34,35)36)20-10-12-22-23-14-18(16-32-25(23)26(31)33-24(22)15-20)7-8-19-9-11-21(37-4)13-17(19)3/h9-16H,5-8H2,1-4H3,(H2,31,33)(H2,34,35,36). The number of halogens is 2. The summed E-state index contributed by atoms with van der Waals surface area (Å²) in [5, 5.41) is 1.33. The van der Waals surface area contributed by atoms with Crippen molar-refractivity contribution in [2.24, 2.45) is 0 Å². The van der Waals surface area contributed by atoms with E-state index in [4.69, 9.17) is 15.2 Å². The minimum Gasteiger partial charge on any atom is -0.497 e. The number of nitrogens with zero attached hydrogens (tertiary/aromatic N) is 2. The van der Waals surface area contributed by atoms with Crippen LogP contribution in [0.5, 0.6) is 5.75 Å². The molecule has 11 heteroatoms. The lowest BCUT2D eigenvalue weighted by Crippen LogP contribution is -2.47. The molecule has 4 N–H and O–H groups in total. The number of ether oxygens (including phenoxy) is 2. The maximum Gasteiger partial charge on any atom is 0.398 e. The highest BCUT2D eigenvalue weighted by Crippen LogP contribution is 2.63. The Balaban J connectivity index is 1.79. The third kappa shape index (κ3) is 5.10. The largest absolute Gasteiger partial charge is 0.497 e. The molecular formula is C28H32F2N3O5P. The van der Waals surface area contributed by atoms with E-state index in [9.17, 15) is 14.4 Å². The van der Waals surface area contributed by atoms with Gasteiger partial charge in [-0.05, 0) is 79.6 Å². The zero-order chi connectivity index (χ0) is 28.6. The molecule has 2 heterocycles. The topological polar surface area (TPSA) is 128 Å². The van der Waals surface area contributed by atoms with E-state index in [1.54, 1.807) is 19.4 Å². The molecule has 1 unspecified atom stereocenters. The average Bonchev–Trinajstić information content (AvgIpc) is 2.90. The molecule has 2 aromatic carbocycles. The molecule has 0 amide bonds. The van der Waals surface area contributed by atoms with E-state index in [0.717, 1.165) is 23.3 Å². The first-order chi connectivity index (χ1) is 18.4. The van der Waals surface area contributed by atoms with Crippen LogP contribution in [0.1, 0.15) is 42.5 Å². The fourth-order valence-corrected chi connectivity index (χ4v) is 5.86. The van der Waals surface area contributed by atoms with Crippen LogP contribution in [0, 0.1) is 6.92 Å². The average molecular weight is 560 g/mol. The Labute approximate surface area is 225 Å². The highest BCUT2D eigenvalue weighted by atomic mass is 31.2. The van der Waals surface area contributed by atoms with Gasteiger partial charge in [0.05, 0.1) is 12.6 Å². The van der Waals surface area contributed by atoms with Crippen molar-refractivity contribution in [3.05, 3.63) is 70.9 Å². The molecule has 2 aromatic heterocycles. The van der Waals surface area contributed by atoms with Crippen molar-refractivity contribution in [1.29, 1.82) is 0 Å². The molecule has 8 nitrogen and oxygen atoms in total. The van der Waals surface area contributed by atoms with Crippen LogP contribution in [0.3, 0.4) is 0 Å². The number of pyridine rings is 2. The molecule has 0 bridgehead atoms. The molecule has 0 saturated carbocycles. The number of nitrogens with two attached hydrogens (primary N) is 1. The number of methoxy groups -OCH3 is 1. The van der Waals surface area contributed by atoms with Gasteiger partial charge in [0.15, 0.2) is 11.4 Å². The van der Waals surface area contributed by atoms with Gasteiger partial charge >= 0.3 is 13.3 Å². The van der Waals surface area contributed by atoms with Gasteiger partial charge in [-0.2, -0.15) is 8.78 Å². The summed E-state index contributed by atoms with van der Waals surface area (Å²) in [6, 6.07) is 12.3. The van der Waals surface area contributed by atoms with Crippen molar-refractivity contribution >= 4 is 35.2 Å². The number of aryl methyl sites for hydroxylation is 3. The van der Waals surface area contributed by atoms with Crippen LogP contribution < -0.4 is 10.5 Å². The molecule has 0 radical (unpaired) electrons. The number of hydrogen-bond donors (Lipinski definition) is 3. The maximum absolute atomic E-state index is 15.3. The molecule has 4 rings (SSSR count). The molecule has 0 saturated heterocycles. The molecule has 0 aliphatic carbocycles. The number of anilines is 1. The van der Waals surface area contributed by atoms with Gasteiger partial charge in [0.25, 0.3) is 0 Å². The summed E-state index contributed by atoms with van der Waals surface area (Å²) in [6.07, 6.45) is 2.84. The number of aromatic nitrogens is 2. The lowest BCUT2D eigenvalue weighted by molar-refractivity contribution is -0.180. The van der Waals surface area contributed by atoms with Gasteiger partial charge in [-0.25, -0.2) is 4.98 Å².